The second-order valence-electron chi connectivity index (χ2n) is 6.82. The molecule has 3 atom stereocenters. The van der Waals surface area contributed by atoms with Gasteiger partial charge in [-0.2, -0.15) is 0 Å². The Morgan fingerprint density at radius 2 is 2.15 bits per heavy atom. The largest absolute Gasteiger partial charge is 0.508 e. The third-order valence-electron chi connectivity index (χ3n) is 5.88. The van der Waals surface area contributed by atoms with E-state index in [1.54, 1.807) is 6.07 Å². The summed E-state index contributed by atoms with van der Waals surface area (Å²) in [5, 5.41) is 9.65. The summed E-state index contributed by atoms with van der Waals surface area (Å²) in [5.74, 6) is 0.839. The number of ketones is 1. The molecule has 2 aliphatic heterocycles. The summed E-state index contributed by atoms with van der Waals surface area (Å²) in [4.78, 5) is 14.8. The van der Waals surface area contributed by atoms with E-state index in [1.807, 2.05) is 6.07 Å². The maximum atomic E-state index is 12.2. The fraction of sp³-hybridized carbons (Fsp3) is 0.588. The van der Waals surface area contributed by atoms with Crippen molar-refractivity contribution in [3.8, 4) is 5.75 Å². The SMILES string of the molecule is C[C@@]12CC[C@H]3c4ccc(O)cc4CCN3[C@H]1CCC2=O. The Kier molecular flexibility index (Phi) is 2.53. The van der Waals surface area contributed by atoms with Crippen molar-refractivity contribution in [2.45, 2.75) is 51.1 Å². The standard InChI is InChI=1S/C17H21NO2/c1-17-8-6-14-13-3-2-12(19)10-11(13)7-9-18(14)15(17)4-5-16(17)20/h2-3,10,14-15,19H,4-9H2,1H3/t14-,15-,17+/m0/s1. The lowest BCUT2D eigenvalue weighted by atomic mass is 9.71. The van der Waals surface area contributed by atoms with Crippen molar-refractivity contribution in [3.05, 3.63) is 29.3 Å². The third kappa shape index (κ3) is 1.53. The summed E-state index contributed by atoms with van der Waals surface area (Å²) in [6.07, 6.45) is 4.85. The summed E-state index contributed by atoms with van der Waals surface area (Å²) < 4.78 is 0. The molecule has 0 amide bonds. The average Bonchev–Trinajstić information content (AvgIpc) is 2.74. The maximum absolute atomic E-state index is 12.2. The molecule has 1 aromatic carbocycles. The molecule has 4 rings (SSSR count). The van der Waals surface area contributed by atoms with Gasteiger partial charge < -0.3 is 5.11 Å². The number of fused-ring (bicyclic) bond motifs is 5. The first kappa shape index (κ1) is 12.4. The number of carbonyl (C=O) groups is 1. The topological polar surface area (TPSA) is 40.5 Å². The number of hydrogen-bond acceptors (Lipinski definition) is 3. The molecule has 1 saturated heterocycles. The van der Waals surface area contributed by atoms with E-state index in [-0.39, 0.29) is 5.41 Å². The molecule has 0 radical (unpaired) electrons. The van der Waals surface area contributed by atoms with Gasteiger partial charge in [-0.25, -0.2) is 0 Å². The molecular formula is C17H21NO2. The zero-order valence-corrected chi connectivity index (χ0v) is 11.9. The van der Waals surface area contributed by atoms with Gasteiger partial charge >= 0.3 is 0 Å². The number of nitrogens with zero attached hydrogens (tertiary/aromatic N) is 1. The molecule has 0 aromatic heterocycles. The van der Waals surface area contributed by atoms with E-state index in [0.717, 1.165) is 38.6 Å². The highest BCUT2D eigenvalue weighted by Crippen LogP contribution is 2.52. The number of aromatic hydroxyl groups is 1. The second kappa shape index (κ2) is 4.08. The molecule has 106 valence electrons. The van der Waals surface area contributed by atoms with Crippen LogP contribution in [0, 0.1) is 5.41 Å². The third-order valence-corrected chi connectivity index (χ3v) is 5.88. The van der Waals surface area contributed by atoms with Crippen LogP contribution in [-0.2, 0) is 11.2 Å². The smallest absolute Gasteiger partial charge is 0.140 e. The number of piperidine rings is 1. The van der Waals surface area contributed by atoms with Crippen LogP contribution in [0.4, 0.5) is 0 Å². The van der Waals surface area contributed by atoms with Crippen LogP contribution in [0.15, 0.2) is 18.2 Å². The van der Waals surface area contributed by atoms with Crippen LogP contribution in [0.25, 0.3) is 0 Å². The van der Waals surface area contributed by atoms with E-state index in [0.29, 0.717) is 23.6 Å². The Bertz CT molecular complexity index is 582. The number of phenolic OH excluding ortho intramolecular Hbond substituents is 1. The second-order valence-corrected chi connectivity index (χ2v) is 6.82. The highest BCUT2D eigenvalue weighted by Gasteiger charge is 2.53. The number of hydrogen-bond donors (Lipinski definition) is 1. The van der Waals surface area contributed by atoms with Crippen molar-refractivity contribution in [2.24, 2.45) is 5.41 Å². The fourth-order valence-corrected chi connectivity index (χ4v) is 4.74. The Morgan fingerprint density at radius 1 is 1.30 bits per heavy atom. The monoisotopic (exact) mass is 271 g/mol. The van der Waals surface area contributed by atoms with Gasteiger partial charge in [0.05, 0.1) is 0 Å². The predicted octanol–water partition coefficient (Wildman–Crippen LogP) is 2.82. The first-order valence-corrected chi connectivity index (χ1v) is 7.70. The number of carbonyl (C=O) groups excluding carboxylic acids is 1. The number of phenols is 1. The number of rotatable bonds is 0. The Hall–Kier alpha value is -1.35. The van der Waals surface area contributed by atoms with Crippen molar-refractivity contribution in [1.82, 2.24) is 4.90 Å². The van der Waals surface area contributed by atoms with Gasteiger partial charge in [0.25, 0.3) is 0 Å². The van der Waals surface area contributed by atoms with Gasteiger partial charge in [0.2, 0.25) is 0 Å². The highest BCUT2D eigenvalue weighted by molar-refractivity contribution is 5.87. The van der Waals surface area contributed by atoms with Crippen LogP contribution in [0.5, 0.6) is 5.75 Å². The molecule has 0 spiro atoms. The lowest BCUT2D eigenvalue weighted by Crippen LogP contribution is -2.53. The minimum absolute atomic E-state index is 0.106. The quantitative estimate of drug-likeness (QED) is 0.789. The van der Waals surface area contributed by atoms with Crippen molar-refractivity contribution in [3.63, 3.8) is 0 Å². The molecule has 0 bridgehead atoms. The summed E-state index contributed by atoms with van der Waals surface area (Å²) in [5.41, 5.74) is 2.56. The van der Waals surface area contributed by atoms with Crippen molar-refractivity contribution in [2.75, 3.05) is 6.54 Å². The van der Waals surface area contributed by atoms with Gasteiger partial charge in [0, 0.05) is 30.5 Å². The summed E-state index contributed by atoms with van der Waals surface area (Å²) in [6.45, 7) is 3.20. The van der Waals surface area contributed by atoms with E-state index in [1.165, 1.54) is 11.1 Å². The first-order chi connectivity index (χ1) is 9.59. The van der Waals surface area contributed by atoms with Gasteiger partial charge in [0.1, 0.15) is 11.5 Å². The molecule has 1 aliphatic carbocycles. The molecule has 0 unspecified atom stereocenters. The van der Waals surface area contributed by atoms with Gasteiger partial charge in [-0.1, -0.05) is 13.0 Å². The normalized spacial score (nSPS) is 36.4. The van der Waals surface area contributed by atoms with E-state index < -0.39 is 0 Å². The van der Waals surface area contributed by atoms with Crippen LogP contribution in [0.1, 0.15) is 49.8 Å². The molecule has 3 heteroatoms. The van der Waals surface area contributed by atoms with Crippen molar-refractivity contribution in [1.29, 1.82) is 0 Å². The lowest BCUT2D eigenvalue weighted by Gasteiger charge is -2.51. The van der Waals surface area contributed by atoms with Crippen LogP contribution >= 0.6 is 0 Å². The van der Waals surface area contributed by atoms with Gasteiger partial charge in [-0.05, 0) is 48.9 Å². The predicted molar refractivity (Wildman–Crippen MR) is 76.6 cm³/mol. The molecule has 2 heterocycles. The van der Waals surface area contributed by atoms with Crippen molar-refractivity contribution < 1.29 is 9.90 Å². The first-order valence-electron chi connectivity index (χ1n) is 7.70. The summed E-state index contributed by atoms with van der Waals surface area (Å²) >= 11 is 0. The summed E-state index contributed by atoms with van der Waals surface area (Å²) in [6, 6.07) is 6.68. The molecule has 1 saturated carbocycles. The van der Waals surface area contributed by atoms with E-state index in [2.05, 4.69) is 17.9 Å². The molecule has 3 nitrogen and oxygen atoms in total. The van der Waals surface area contributed by atoms with E-state index >= 15 is 0 Å². The van der Waals surface area contributed by atoms with E-state index in [4.69, 9.17) is 0 Å². The molecule has 1 aromatic rings. The Balaban J connectivity index is 1.73. The van der Waals surface area contributed by atoms with Crippen LogP contribution in [0.3, 0.4) is 0 Å². The molecule has 2 fully saturated rings. The van der Waals surface area contributed by atoms with Gasteiger partial charge in [0.15, 0.2) is 0 Å². The fourth-order valence-electron chi connectivity index (χ4n) is 4.74. The highest BCUT2D eigenvalue weighted by atomic mass is 16.3. The van der Waals surface area contributed by atoms with Gasteiger partial charge in [-0.15, -0.1) is 0 Å². The van der Waals surface area contributed by atoms with Crippen LogP contribution in [-0.4, -0.2) is 28.4 Å². The zero-order chi connectivity index (χ0) is 13.9. The van der Waals surface area contributed by atoms with Crippen molar-refractivity contribution >= 4 is 5.78 Å². The van der Waals surface area contributed by atoms with Crippen LogP contribution < -0.4 is 0 Å². The molecular weight excluding hydrogens is 250 g/mol. The molecule has 20 heavy (non-hydrogen) atoms. The lowest BCUT2D eigenvalue weighted by molar-refractivity contribution is -0.130. The van der Waals surface area contributed by atoms with Gasteiger partial charge in [-0.3, -0.25) is 9.69 Å². The van der Waals surface area contributed by atoms with E-state index in [9.17, 15) is 9.90 Å². The number of Topliss-reactive ketones (excluding diaryl/α,β-unsaturated/α-hetero) is 1. The minimum Gasteiger partial charge on any atom is -0.508 e. The maximum Gasteiger partial charge on any atom is 0.140 e. The Labute approximate surface area is 119 Å². The zero-order valence-electron chi connectivity index (χ0n) is 11.9. The number of benzene rings is 1. The molecule has 3 aliphatic rings. The minimum atomic E-state index is -0.106. The van der Waals surface area contributed by atoms with Crippen LogP contribution in [0.2, 0.25) is 0 Å². The summed E-state index contributed by atoms with van der Waals surface area (Å²) in [7, 11) is 0. The Morgan fingerprint density at radius 3 is 3.00 bits per heavy atom. The molecule has 1 N–H and O–H groups in total. The average molecular weight is 271 g/mol.